The average molecular weight is 375 g/mol. The van der Waals surface area contributed by atoms with E-state index < -0.39 is 5.91 Å². The number of aromatic nitrogens is 2. The van der Waals surface area contributed by atoms with Crippen molar-refractivity contribution in [1.29, 1.82) is 5.26 Å². The summed E-state index contributed by atoms with van der Waals surface area (Å²) >= 11 is 0. The molecule has 8 nitrogen and oxygen atoms in total. The molecule has 8 heteroatoms. The molecule has 3 aromatic rings. The van der Waals surface area contributed by atoms with Crippen LogP contribution in [0.25, 0.3) is 5.69 Å². The van der Waals surface area contributed by atoms with Gasteiger partial charge in [-0.2, -0.15) is 10.4 Å². The fraction of sp³-hybridized carbons (Fsp3) is 0.100. The van der Waals surface area contributed by atoms with Crippen molar-refractivity contribution in [2.75, 3.05) is 18.5 Å². The minimum Gasteiger partial charge on any atom is -0.484 e. The van der Waals surface area contributed by atoms with Gasteiger partial charge in [-0.3, -0.25) is 9.59 Å². The van der Waals surface area contributed by atoms with Crippen molar-refractivity contribution < 1.29 is 14.3 Å². The first-order valence-corrected chi connectivity index (χ1v) is 8.43. The molecule has 0 aliphatic heterocycles. The molecule has 0 atom stereocenters. The highest BCUT2D eigenvalue weighted by atomic mass is 16.5. The van der Waals surface area contributed by atoms with Crippen LogP contribution < -0.4 is 15.4 Å². The highest BCUT2D eigenvalue weighted by molar-refractivity contribution is 5.94. The highest BCUT2D eigenvalue weighted by Crippen LogP contribution is 2.12. The molecule has 2 amide bonds. The normalized spacial score (nSPS) is 9.96. The van der Waals surface area contributed by atoms with E-state index in [0.29, 0.717) is 17.0 Å². The molecule has 1 heterocycles. The second-order valence-corrected chi connectivity index (χ2v) is 5.75. The van der Waals surface area contributed by atoms with Crippen molar-refractivity contribution in [3.05, 3.63) is 72.6 Å². The maximum Gasteiger partial charge on any atom is 0.258 e. The van der Waals surface area contributed by atoms with Crippen LogP contribution in [-0.4, -0.2) is 34.7 Å². The standard InChI is InChI=1S/C20H17N5O3/c21-12-15-2-8-18(9-3-15)28-14-20(27)22-13-19(26)24-16-4-6-17(7-5-16)25-11-1-10-23-25/h1-11H,13-14H2,(H,22,27)(H,24,26). The lowest BCUT2D eigenvalue weighted by Gasteiger charge is -2.09. The van der Waals surface area contributed by atoms with E-state index in [1.54, 1.807) is 47.3 Å². The van der Waals surface area contributed by atoms with E-state index in [-0.39, 0.29) is 19.1 Å². The van der Waals surface area contributed by atoms with E-state index in [0.717, 1.165) is 5.69 Å². The molecule has 0 aliphatic rings. The minimum absolute atomic E-state index is 0.170. The molecule has 140 valence electrons. The van der Waals surface area contributed by atoms with Crippen molar-refractivity contribution in [2.24, 2.45) is 0 Å². The summed E-state index contributed by atoms with van der Waals surface area (Å²) in [6, 6.07) is 17.4. The Balaban J connectivity index is 1.41. The molecular formula is C20H17N5O3. The van der Waals surface area contributed by atoms with Gasteiger partial charge in [-0.1, -0.05) is 0 Å². The van der Waals surface area contributed by atoms with Gasteiger partial charge in [0.05, 0.1) is 23.9 Å². The Morgan fingerprint density at radius 3 is 2.46 bits per heavy atom. The zero-order chi connectivity index (χ0) is 19.8. The molecule has 0 saturated heterocycles. The number of carbonyl (C=O) groups excluding carboxylic acids is 2. The molecule has 28 heavy (non-hydrogen) atoms. The number of benzene rings is 2. The number of rotatable bonds is 7. The predicted molar refractivity (Wildman–Crippen MR) is 102 cm³/mol. The minimum atomic E-state index is -0.423. The second-order valence-electron chi connectivity index (χ2n) is 5.75. The van der Waals surface area contributed by atoms with Crippen LogP contribution in [-0.2, 0) is 9.59 Å². The van der Waals surface area contributed by atoms with Crippen LogP contribution >= 0.6 is 0 Å². The summed E-state index contributed by atoms with van der Waals surface area (Å²) in [5.74, 6) is -0.303. The third kappa shape index (κ3) is 5.19. The molecule has 0 saturated carbocycles. The van der Waals surface area contributed by atoms with E-state index in [1.165, 1.54) is 0 Å². The number of hydrogen-bond acceptors (Lipinski definition) is 5. The first kappa shape index (κ1) is 18.7. The molecule has 2 N–H and O–H groups in total. The van der Waals surface area contributed by atoms with Crippen molar-refractivity contribution >= 4 is 17.5 Å². The monoisotopic (exact) mass is 375 g/mol. The molecule has 3 rings (SSSR count). The number of nitriles is 1. The Hall–Kier alpha value is -4.12. The van der Waals surface area contributed by atoms with Crippen molar-refractivity contribution in [3.63, 3.8) is 0 Å². The van der Waals surface area contributed by atoms with Gasteiger partial charge in [0, 0.05) is 18.1 Å². The molecule has 0 bridgehead atoms. The Morgan fingerprint density at radius 2 is 1.82 bits per heavy atom. The van der Waals surface area contributed by atoms with Gasteiger partial charge in [0.15, 0.2) is 6.61 Å². The topological polar surface area (TPSA) is 109 Å². The summed E-state index contributed by atoms with van der Waals surface area (Å²) in [5.41, 5.74) is 1.99. The van der Waals surface area contributed by atoms with Crippen LogP contribution in [0.15, 0.2) is 67.0 Å². The van der Waals surface area contributed by atoms with E-state index in [4.69, 9.17) is 10.00 Å². The summed E-state index contributed by atoms with van der Waals surface area (Å²) < 4.78 is 7.01. The highest BCUT2D eigenvalue weighted by Gasteiger charge is 2.07. The third-order valence-electron chi connectivity index (χ3n) is 3.72. The summed E-state index contributed by atoms with van der Waals surface area (Å²) in [5, 5.41) is 18.1. The van der Waals surface area contributed by atoms with Crippen LogP contribution in [0.5, 0.6) is 5.75 Å². The van der Waals surface area contributed by atoms with Gasteiger partial charge in [0.25, 0.3) is 5.91 Å². The van der Waals surface area contributed by atoms with Crippen LogP contribution in [0.2, 0.25) is 0 Å². The largest absolute Gasteiger partial charge is 0.484 e. The fourth-order valence-corrected chi connectivity index (χ4v) is 2.33. The Kier molecular flexibility index (Phi) is 6.00. The Labute approximate surface area is 161 Å². The number of ether oxygens (including phenoxy) is 1. The molecule has 1 aromatic heterocycles. The van der Waals surface area contributed by atoms with E-state index in [2.05, 4.69) is 15.7 Å². The SMILES string of the molecule is N#Cc1ccc(OCC(=O)NCC(=O)Nc2ccc(-n3cccn3)cc2)cc1. The molecule has 0 fully saturated rings. The van der Waals surface area contributed by atoms with Gasteiger partial charge in [-0.15, -0.1) is 0 Å². The molecule has 2 aromatic carbocycles. The van der Waals surface area contributed by atoms with Gasteiger partial charge in [0.1, 0.15) is 5.75 Å². The van der Waals surface area contributed by atoms with Crippen molar-refractivity contribution in [1.82, 2.24) is 15.1 Å². The first-order chi connectivity index (χ1) is 13.6. The number of nitrogens with one attached hydrogen (secondary N) is 2. The Bertz CT molecular complexity index is 974. The first-order valence-electron chi connectivity index (χ1n) is 8.43. The maximum atomic E-state index is 12.0. The lowest BCUT2D eigenvalue weighted by Crippen LogP contribution is -2.35. The van der Waals surface area contributed by atoms with E-state index >= 15 is 0 Å². The van der Waals surface area contributed by atoms with E-state index in [1.807, 2.05) is 30.5 Å². The quantitative estimate of drug-likeness (QED) is 0.655. The van der Waals surface area contributed by atoms with Crippen LogP contribution in [0.4, 0.5) is 5.69 Å². The number of nitrogens with zero attached hydrogens (tertiary/aromatic N) is 3. The van der Waals surface area contributed by atoms with Crippen LogP contribution in [0.3, 0.4) is 0 Å². The molecule has 0 unspecified atom stereocenters. The number of anilines is 1. The van der Waals surface area contributed by atoms with Crippen molar-refractivity contribution in [3.8, 4) is 17.5 Å². The van der Waals surface area contributed by atoms with Crippen molar-refractivity contribution in [2.45, 2.75) is 0 Å². The van der Waals surface area contributed by atoms with Gasteiger partial charge >= 0.3 is 0 Å². The zero-order valence-electron chi connectivity index (χ0n) is 14.8. The van der Waals surface area contributed by atoms with E-state index in [9.17, 15) is 9.59 Å². The van der Waals surface area contributed by atoms with Gasteiger partial charge < -0.3 is 15.4 Å². The van der Waals surface area contributed by atoms with Gasteiger partial charge in [0.2, 0.25) is 5.91 Å². The average Bonchev–Trinajstić information content (AvgIpc) is 3.26. The van der Waals surface area contributed by atoms with Crippen LogP contribution in [0, 0.1) is 11.3 Å². The summed E-state index contributed by atoms with van der Waals surface area (Å²) in [4.78, 5) is 23.8. The second kappa shape index (κ2) is 9.00. The van der Waals surface area contributed by atoms with Crippen LogP contribution in [0.1, 0.15) is 5.56 Å². The Morgan fingerprint density at radius 1 is 1.07 bits per heavy atom. The predicted octanol–water partition coefficient (Wildman–Crippen LogP) is 1.88. The fourth-order valence-electron chi connectivity index (χ4n) is 2.33. The smallest absolute Gasteiger partial charge is 0.258 e. The van der Waals surface area contributed by atoms with Gasteiger partial charge in [-0.05, 0) is 54.6 Å². The zero-order valence-corrected chi connectivity index (χ0v) is 14.8. The summed E-state index contributed by atoms with van der Waals surface area (Å²) in [6.07, 6.45) is 3.51. The lowest BCUT2D eigenvalue weighted by atomic mass is 10.2. The lowest BCUT2D eigenvalue weighted by molar-refractivity contribution is -0.125. The molecule has 0 spiro atoms. The molecule has 0 radical (unpaired) electrons. The maximum absolute atomic E-state index is 12.0. The number of hydrogen-bond donors (Lipinski definition) is 2. The summed E-state index contributed by atoms with van der Waals surface area (Å²) in [7, 11) is 0. The van der Waals surface area contributed by atoms with Gasteiger partial charge in [-0.25, -0.2) is 4.68 Å². The third-order valence-corrected chi connectivity index (χ3v) is 3.72. The number of amides is 2. The molecular weight excluding hydrogens is 358 g/mol. The molecule has 0 aliphatic carbocycles. The number of carbonyl (C=O) groups is 2. The summed E-state index contributed by atoms with van der Waals surface area (Å²) in [6.45, 7) is -0.395.